The maximum absolute atomic E-state index is 16.9. The smallest absolute Gasteiger partial charge is 0.407 e. The fraction of sp³-hybridized carbons (Fsp3) is 0.449. The Labute approximate surface area is 391 Å². The molecule has 0 radical (unpaired) electrons. The lowest BCUT2D eigenvalue weighted by molar-refractivity contribution is -0.136. The van der Waals surface area contributed by atoms with Crippen LogP contribution >= 0.6 is 0 Å². The van der Waals surface area contributed by atoms with Crippen LogP contribution in [0, 0.1) is 17.7 Å². The number of nitrogens with one attached hydrogen (secondary N) is 4. The van der Waals surface area contributed by atoms with Crippen LogP contribution in [0.15, 0.2) is 59.4 Å². The number of halogens is 1. The minimum Gasteiger partial charge on any atom is -0.462 e. The summed E-state index contributed by atoms with van der Waals surface area (Å²) in [6, 6.07) is 8.94. The summed E-state index contributed by atoms with van der Waals surface area (Å²) in [4.78, 5) is 76.2. The van der Waals surface area contributed by atoms with Crippen LogP contribution in [0.25, 0.3) is 44.7 Å². The van der Waals surface area contributed by atoms with E-state index in [1.807, 2.05) is 56.5 Å². The van der Waals surface area contributed by atoms with Crippen molar-refractivity contribution in [3.8, 4) is 39.5 Å². The maximum atomic E-state index is 16.9. The van der Waals surface area contributed by atoms with E-state index in [-0.39, 0.29) is 47.2 Å². The molecule has 7 heterocycles. The van der Waals surface area contributed by atoms with Gasteiger partial charge in [0.25, 0.3) is 0 Å². The summed E-state index contributed by atoms with van der Waals surface area (Å²) in [7, 11) is 2.54. The van der Waals surface area contributed by atoms with Gasteiger partial charge in [-0.25, -0.2) is 28.9 Å². The number of likely N-dealkylation sites (tertiary alicyclic amines) is 2. The molecule has 4 N–H and O–H groups in total. The van der Waals surface area contributed by atoms with Gasteiger partial charge in [0.2, 0.25) is 18.0 Å². The average molecular weight is 931 g/mol. The van der Waals surface area contributed by atoms with Crippen LogP contribution in [0.5, 0.6) is 5.75 Å². The number of carbonyl (C=O) groups is 4. The van der Waals surface area contributed by atoms with E-state index in [0.717, 1.165) is 47.8 Å². The zero-order valence-corrected chi connectivity index (χ0v) is 38.8. The Bertz CT molecular complexity index is 2910. The van der Waals surface area contributed by atoms with Gasteiger partial charge in [0.05, 0.1) is 73.1 Å². The number of ether oxygens (including phenoxy) is 3. The predicted molar refractivity (Wildman–Crippen MR) is 245 cm³/mol. The molecule has 4 aromatic heterocycles. The number of oxazole rings is 1. The Balaban J connectivity index is 0.963. The Hall–Kier alpha value is -7.18. The molecule has 10 rings (SSSR count). The summed E-state index contributed by atoms with van der Waals surface area (Å²) in [6.07, 6.45) is 7.84. The van der Waals surface area contributed by atoms with Crippen molar-refractivity contribution in [2.45, 2.75) is 103 Å². The third-order valence-corrected chi connectivity index (χ3v) is 13.6. The van der Waals surface area contributed by atoms with Crippen molar-refractivity contribution >= 4 is 34.9 Å². The second-order valence-corrected chi connectivity index (χ2v) is 18.8. The lowest BCUT2D eigenvalue weighted by Crippen LogP contribution is -2.51. The van der Waals surface area contributed by atoms with Gasteiger partial charge in [-0.1, -0.05) is 33.8 Å². The van der Waals surface area contributed by atoms with E-state index in [0.29, 0.717) is 71.9 Å². The van der Waals surface area contributed by atoms with E-state index < -0.39 is 36.3 Å². The quantitative estimate of drug-likeness (QED) is 0.0919. The molecule has 4 aliphatic rings. The molecule has 2 saturated heterocycles. The Kier molecular flexibility index (Phi) is 11.7. The van der Waals surface area contributed by atoms with Gasteiger partial charge in [-0.3, -0.25) is 14.2 Å². The highest BCUT2D eigenvalue weighted by atomic mass is 19.1. The summed E-state index contributed by atoms with van der Waals surface area (Å²) in [6.45, 7) is 8.52. The van der Waals surface area contributed by atoms with E-state index >= 15 is 4.39 Å². The van der Waals surface area contributed by atoms with Gasteiger partial charge in [-0.2, -0.15) is 0 Å². The second kappa shape index (κ2) is 17.8. The number of amides is 4. The molecule has 5 atom stereocenters. The van der Waals surface area contributed by atoms with E-state index in [1.54, 1.807) is 34.5 Å². The standard InChI is InChI=1S/C49H55FN10O8/c1-24(2)40(56-48(63)65-5)45(61)58-15-7-9-34(58)42-51-21-31(54-42)27-13-14-33-29(17-27)19-36-39-30(50)18-28(20-37(39)68-47(60(33)36)38-23-53-44(67-38)26-11-12-26)32-22-52-43(55-32)35-10-8-16-59(35)46(62)41(25(3)4)57-49(64)66-6/h13-14,17-26,34-35,40-41,47H,7-12,15-16H2,1-6H3,(H,51,54)(H,52,55)(H,56,63)(H,57,64)/t34-,35-,40-,41-,47?/m0/s1. The Morgan fingerprint density at radius 3 is 1.90 bits per heavy atom. The summed E-state index contributed by atoms with van der Waals surface area (Å²) in [5.74, 6) is 1.64. The van der Waals surface area contributed by atoms with Gasteiger partial charge in [-0.05, 0) is 80.7 Å². The highest BCUT2D eigenvalue weighted by molar-refractivity contribution is 5.93. The number of imidazole rings is 2. The van der Waals surface area contributed by atoms with Crippen LogP contribution in [-0.2, 0) is 19.1 Å². The molecule has 1 unspecified atom stereocenters. The van der Waals surface area contributed by atoms with Crippen LogP contribution in [0.1, 0.15) is 114 Å². The number of aromatic amines is 2. The lowest BCUT2D eigenvalue weighted by atomic mass is 10.0. The average Bonchev–Trinajstić information content (AvgIpc) is 4.05. The first kappa shape index (κ1) is 44.6. The topological polar surface area (TPSA) is 215 Å². The Morgan fingerprint density at radius 2 is 1.34 bits per heavy atom. The first-order valence-corrected chi connectivity index (χ1v) is 23.3. The van der Waals surface area contributed by atoms with Gasteiger partial charge < -0.3 is 49.0 Å². The van der Waals surface area contributed by atoms with Crippen molar-refractivity contribution in [2.24, 2.45) is 11.8 Å². The van der Waals surface area contributed by atoms with Crippen molar-refractivity contribution in [3.63, 3.8) is 0 Å². The normalized spacial score (nSPS) is 19.8. The number of methoxy groups -OCH3 is 2. The number of carbonyl (C=O) groups excluding carboxylic acids is 4. The van der Waals surface area contributed by atoms with Crippen molar-refractivity contribution in [1.82, 2.24) is 49.9 Å². The highest BCUT2D eigenvalue weighted by Crippen LogP contribution is 2.49. The number of alkyl carbamates (subject to hydrolysis) is 2. The minimum absolute atomic E-state index is 0.159. The molecule has 4 amide bonds. The molecule has 3 fully saturated rings. The van der Waals surface area contributed by atoms with Gasteiger partial charge in [0.15, 0.2) is 11.7 Å². The number of nitrogens with zero attached hydrogens (tertiary/aromatic N) is 6. The van der Waals surface area contributed by atoms with Crippen LogP contribution in [0.3, 0.4) is 0 Å². The molecule has 1 aliphatic carbocycles. The number of H-pyrrole nitrogens is 2. The molecule has 356 valence electrons. The fourth-order valence-corrected chi connectivity index (χ4v) is 9.91. The van der Waals surface area contributed by atoms with Gasteiger partial charge >= 0.3 is 12.2 Å². The predicted octanol–water partition coefficient (Wildman–Crippen LogP) is 8.12. The number of benzene rings is 2. The second-order valence-electron chi connectivity index (χ2n) is 18.8. The largest absolute Gasteiger partial charge is 0.462 e. The monoisotopic (exact) mass is 930 g/mol. The molecule has 1 saturated carbocycles. The highest BCUT2D eigenvalue weighted by Gasteiger charge is 2.40. The fourth-order valence-electron chi connectivity index (χ4n) is 9.91. The molecular formula is C49H55FN10O8. The van der Waals surface area contributed by atoms with Crippen molar-refractivity contribution in [3.05, 3.63) is 84.1 Å². The summed E-state index contributed by atoms with van der Waals surface area (Å²) >= 11 is 0. The van der Waals surface area contributed by atoms with Gasteiger partial charge in [0.1, 0.15) is 35.3 Å². The molecule has 3 aliphatic heterocycles. The number of rotatable bonds is 12. The molecule has 2 aromatic carbocycles. The minimum atomic E-state index is -0.814. The number of aromatic nitrogens is 6. The molecular weight excluding hydrogens is 876 g/mol. The van der Waals surface area contributed by atoms with Gasteiger partial charge in [0, 0.05) is 35.5 Å². The molecule has 19 heteroatoms. The molecule has 68 heavy (non-hydrogen) atoms. The summed E-state index contributed by atoms with van der Waals surface area (Å²) in [5.41, 5.74) is 4.29. The molecule has 18 nitrogen and oxygen atoms in total. The van der Waals surface area contributed by atoms with E-state index in [2.05, 4.69) is 30.6 Å². The van der Waals surface area contributed by atoms with Crippen molar-refractivity contribution < 1.29 is 42.2 Å². The van der Waals surface area contributed by atoms with Crippen LogP contribution in [0.2, 0.25) is 0 Å². The van der Waals surface area contributed by atoms with Gasteiger partial charge in [-0.15, -0.1) is 0 Å². The SMILES string of the molecule is COC(=O)N[C@H](C(=O)N1CCC[C@H]1c1ncc(-c2cc(F)c3c(c2)OC(c2cnc(C4CC4)o2)n2c-3cc3cc(-c4cnc([C@@H]5CCCN5C(=O)[C@@H](NC(=O)OC)C(C)C)[nH]4)ccc32)[nH]1)C(C)C. The Morgan fingerprint density at radius 1 is 0.750 bits per heavy atom. The van der Waals surface area contributed by atoms with E-state index in [1.165, 1.54) is 20.3 Å². The van der Waals surface area contributed by atoms with E-state index in [4.69, 9.17) is 23.6 Å². The zero-order chi connectivity index (χ0) is 47.5. The molecule has 0 bridgehead atoms. The number of hydrogen-bond acceptors (Lipinski definition) is 11. The third kappa shape index (κ3) is 8.10. The van der Waals surface area contributed by atoms with Crippen LogP contribution in [0.4, 0.5) is 14.0 Å². The molecule has 6 aromatic rings. The first-order valence-electron chi connectivity index (χ1n) is 23.3. The number of hydrogen-bond donors (Lipinski definition) is 4. The molecule has 0 spiro atoms. The number of fused-ring (bicyclic) bond motifs is 5. The summed E-state index contributed by atoms with van der Waals surface area (Å²) < 4.78 is 41.5. The first-order chi connectivity index (χ1) is 32.8. The van der Waals surface area contributed by atoms with E-state index in [9.17, 15) is 19.2 Å². The lowest BCUT2D eigenvalue weighted by Gasteiger charge is -2.30. The zero-order valence-electron chi connectivity index (χ0n) is 38.8. The summed E-state index contributed by atoms with van der Waals surface area (Å²) in [5, 5.41) is 6.20. The maximum Gasteiger partial charge on any atom is 0.407 e. The van der Waals surface area contributed by atoms with Crippen molar-refractivity contribution in [1.29, 1.82) is 0 Å². The third-order valence-electron chi connectivity index (χ3n) is 13.6. The van der Waals surface area contributed by atoms with Crippen LogP contribution < -0.4 is 15.4 Å². The van der Waals surface area contributed by atoms with Crippen LogP contribution in [-0.4, -0.2) is 103 Å². The van der Waals surface area contributed by atoms with Crippen molar-refractivity contribution in [2.75, 3.05) is 27.3 Å².